The molecule has 5 N–H and O–H groups in total. The number of rotatable bonds is 27. The first kappa shape index (κ1) is 69.3. The number of sulfone groups is 1. The van der Waals surface area contributed by atoms with Crippen LogP contribution in [-0.4, -0.2) is 200 Å². The predicted octanol–water partition coefficient (Wildman–Crippen LogP) is 7.75. The summed E-state index contributed by atoms with van der Waals surface area (Å²) in [5, 5.41) is 11.1. The predicted molar refractivity (Wildman–Crippen MR) is 352 cm³/mol. The lowest BCUT2D eigenvalue weighted by atomic mass is 9.33. The van der Waals surface area contributed by atoms with E-state index in [-0.39, 0.29) is 80.8 Å². The number of carbonyl (C=O) groups is 6. The van der Waals surface area contributed by atoms with Crippen LogP contribution in [0.3, 0.4) is 0 Å². The summed E-state index contributed by atoms with van der Waals surface area (Å²) in [5.41, 5.74) is -0.103. The number of alkyl halides is 3. The molecule has 0 aromatic heterocycles. The number of imide groups is 2. The molecule has 2 atom stereocenters. The van der Waals surface area contributed by atoms with Crippen LogP contribution in [0, 0.1) is 16.2 Å². The number of halogens is 3. The number of piperidine rings is 1. The van der Waals surface area contributed by atoms with Gasteiger partial charge in [0.05, 0.1) is 48.1 Å². The van der Waals surface area contributed by atoms with Crippen LogP contribution in [0.2, 0.25) is 0 Å². The quantitative estimate of drug-likeness (QED) is 0.0165. The molecule has 2 bridgehead atoms. The van der Waals surface area contributed by atoms with Crippen molar-refractivity contribution in [3.05, 3.63) is 119 Å². The number of anilines is 3. The molecule has 22 nitrogen and oxygen atoms in total. The second-order valence-corrected chi connectivity index (χ2v) is 31.7. The maximum absolute atomic E-state index is 14.5. The molecule has 28 heteroatoms. The van der Waals surface area contributed by atoms with Gasteiger partial charge in [0.1, 0.15) is 10.9 Å². The number of benzene rings is 4. The number of ether oxygens (including phenoxy) is 2. The monoisotopic (exact) mass is 1370 g/mol. The van der Waals surface area contributed by atoms with Crippen molar-refractivity contribution in [1.82, 2.24) is 35.0 Å². The summed E-state index contributed by atoms with van der Waals surface area (Å²) in [5.74, 6) is -3.15. The van der Waals surface area contributed by atoms with Gasteiger partial charge in [0.2, 0.25) is 11.8 Å². The SMILES string of the molecule is CC1(C)CCC(CN2CCN(c3ccc(C(=O)NS(=O)(=O)c4ccc(N[C@H](CCN5CCN(C(=O)NCCOCCOCCNc6cccc7c6C(=O)N(C6CCC(=O)NC6=O)C7=O)CC5)CSc5ccccc5)c(S(=O)(=O)C(F)(F)F)c4)cc3)CC2)=C(C23CC(C)(C2)C3)C1. The van der Waals surface area contributed by atoms with Crippen LogP contribution in [0.4, 0.5) is 35.0 Å². The smallest absolute Gasteiger partial charge is 0.382 e. The number of thioether (sulfide) groups is 1. The lowest BCUT2D eigenvalue weighted by Crippen LogP contribution is -2.61. The third-order valence-electron chi connectivity index (χ3n) is 19.4. The standard InChI is InChI=1S/C67H83F3N10O12S3/c1-64(2)22-20-46(52(39-64)66-42-65(3,43-66)44-66)40-77-28-30-78(31-29-77)48-14-12-45(13-15-48)59(82)75-95(89,90)50-16-17-53(56(38-50)94(87,88)67(68,69)70)73-47(41-93-49-8-5-4-6-9-49)21-25-76-26-32-79(33-27-76)63(86)72-24-35-92-37-36-91-34-23-71-54-11-7-10-51-58(54)62(85)80(61(51)84)55-18-19-57(81)74-60(55)83/h4-17,38,47,55,71,73H,18-37,39-44H2,1-3H3,(H,72,86)(H,75,82)(H,74,81,83)/t47-,55?,65?,66?/m1/s1. The largest absolute Gasteiger partial charge is 0.501 e. The highest BCUT2D eigenvalue weighted by Crippen LogP contribution is 2.77. The van der Waals surface area contributed by atoms with Crippen LogP contribution in [0.5, 0.6) is 0 Å². The summed E-state index contributed by atoms with van der Waals surface area (Å²) in [4.78, 5) is 85.4. The van der Waals surface area contributed by atoms with Crippen LogP contribution in [0.15, 0.2) is 117 Å². The summed E-state index contributed by atoms with van der Waals surface area (Å²) in [7, 11) is -11.1. The maximum atomic E-state index is 14.5. The molecule has 512 valence electrons. The first-order chi connectivity index (χ1) is 45.2. The normalized spacial score (nSPS) is 22.8. The van der Waals surface area contributed by atoms with Crippen LogP contribution in [-0.2, 0) is 38.9 Å². The second kappa shape index (κ2) is 28.5. The fraction of sp³-hybridized carbons (Fsp3) is 0.522. The van der Waals surface area contributed by atoms with Crippen molar-refractivity contribution in [2.75, 3.05) is 126 Å². The van der Waals surface area contributed by atoms with Gasteiger partial charge in [-0.1, -0.05) is 56.2 Å². The lowest BCUT2D eigenvalue weighted by Gasteiger charge is -2.72. The van der Waals surface area contributed by atoms with Gasteiger partial charge in [-0.05, 0) is 134 Å². The Morgan fingerprint density at radius 3 is 2.12 bits per heavy atom. The summed E-state index contributed by atoms with van der Waals surface area (Å²) in [6, 6.07) is 20.8. The van der Waals surface area contributed by atoms with Crippen molar-refractivity contribution in [3.8, 4) is 0 Å². The van der Waals surface area contributed by atoms with Gasteiger partial charge in [-0.15, -0.1) is 11.8 Å². The second-order valence-electron chi connectivity index (χ2n) is 27.0. The molecule has 3 saturated heterocycles. The van der Waals surface area contributed by atoms with E-state index in [1.165, 1.54) is 62.1 Å². The number of piperazine rings is 2. The highest BCUT2D eigenvalue weighted by molar-refractivity contribution is 7.99. The van der Waals surface area contributed by atoms with E-state index in [2.05, 4.69) is 56.7 Å². The molecule has 95 heavy (non-hydrogen) atoms. The Balaban J connectivity index is 0.627. The molecular formula is C67H83F3N10O12S3. The van der Waals surface area contributed by atoms with Crippen LogP contribution in [0.25, 0.3) is 0 Å². The van der Waals surface area contributed by atoms with Crippen molar-refractivity contribution in [2.45, 2.75) is 111 Å². The topological polar surface area (TPSA) is 266 Å². The van der Waals surface area contributed by atoms with E-state index in [4.69, 9.17) is 9.47 Å². The average Bonchev–Trinajstić information content (AvgIpc) is 1.21. The van der Waals surface area contributed by atoms with Gasteiger partial charge >= 0.3 is 11.5 Å². The number of nitrogens with one attached hydrogen (secondary N) is 5. The third kappa shape index (κ3) is 15.8. The zero-order valence-corrected chi connectivity index (χ0v) is 56.1. The number of sulfonamides is 1. The van der Waals surface area contributed by atoms with E-state index in [1.54, 1.807) is 40.3 Å². The van der Waals surface area contributed by atoms with Gasteiger partial charge in [-0.2, -0.15) is 13.2 Å². The van der Waals surface area contributed by atoms with E-state index < -0.39 is 82.5 Å². The molecule has 4 aliphatic carbocycles. The van der Waals surface area contributed by atoms with Gasteiger partial charge in [0, 0.05) is 119 Å². The fourth-order valence-electron chi connectivity index (χ4n) is 14.5. The maximum Gasteiger partial charge on any atom is 0.501 e. The van der Waals surface area contributed by atoms with Gasteiger partial charge in [0.15, 0.2) is 0 Å². The van der Waals surface area contributed by atoms with E-state index in [0.29, 0.717) is 67.1 Å². The zero-order chi connectivity index (χ0) is 67.5. The van der Waals surface area contributed by atoms with E-state index in [9.17, 15) is 58.8 Å². The number of urea groups is 1. The van der Waals surface area contributed by atoms with E-state index >= 15 is 0 Å². The van der Waals surface area contributed by atoms with Crippen molar-refractivity contribution >= 4 is 84.3 Å². The molecule has 6 fully saturated rings. The number of carbonyl (C=O) groups excluding carboxylic acids is 6. The van der Waals surface area contributed by atoms with Crippen molar-refractivity contribution in [3.63, 3.8) is 0 Å². The Morgan fingerprint density at radius 1 is 0.758 bits per heavy atom. The molecule has 4 aromatic carbocycles. The number of nitrogens with zero attached hydrogens (tertiary/aromatic N) is 5. The minimum atomic E-state index is -6.16. The molecule has 8 aliphatic rings. The van der Waals surface area contributed by atoms with Gasteiger partial charge in [-0.3, -0.25) is 44.0 Å². The molecular weight excluding hydrogens is 1290 g/mol. The summed E-state index contributed by atoms with van der Waals surface area (Å²) in [6.07, 6.45) is 7.85. The number of fused-ring (bicyclic) bond motifs is 1. The van der Waals surface area contributed by atoms with E-state index in [0.717, 1.165) is 66.8 Å². The van der Waals surface area contributed by atoms with Gasteiger partial charge in [0.25, 0.3) is 37.6 Å². The summed E-state index contributed by atoms with van der Waals surface area (Å²) in [6.45, 7) is 14.9. The molecule has 3 saturated carbocycles. The highest BCUT2D eigenvalue weighted by atomic mass is 32.2. The summed E-state index contributed by atoms with van der Waals surface area (Å²) < 4.78 is 111. The minimum absolute atomic E-state index is 0.0139. The number of allylic oxidation sites excluding steroid dienone is 1. The first-order valence-electron chi connectivity index (χ1n) is 32.5. The fourth-order valence-corrected chi connectivity index (χ4v) is 17.6. The minimum Gasteiger partial charge on any atom is -0.382 e. The highest BCUT2D eigenvalue weighted by Gasteiger charge is 2.67. The first-order valence-corrected chi connectivity index (χ1v) is 36.4. The Labute approximate surface area is 556 Å². The molecule has 0 radical (unpaired) electrons. The van der Waals surface area contributed by atoms with Gasteiger partial charge in [-0.25, -0.2) is 26.4 Å². The van der Waals surface area contributed by atoms with Gasteiger partial charge < -0.3 is 35.2 Å². The number of amides is 7. The number of hydrogen-bond acceptors (Lipinski definition) is 18. The molecule has 0 spiro atoms. The Kier molecular flexibility index (Phi) is 20.8. The molecule has 4 aromatic rings. The van der Waals surface area contributed by atoms with E-state index in [1.807, 2.05) is 35.1 Å². The molecule has 7 amide bonds. The lowest BCUT2D eigenvalue weighted by molar-refractivity contribution is -0.167. The average molecular weight is 1370 g/mol. The Morgan fingerprint density at radius 2 is 1.44 bits per heavy atom. The molecule has 4 heterocycles. The molecule has 1 unspecified atom stereocenters. The third-order valence-corrected chi connectivity index (χ3v) is 23.4. The van der Waals surface area contributed by atoms with Crippen molar-refractivity contribution in [2.24, 2.45) is 16.2 Å². The van der Waals surface area contributed by atoms with Crippen LogP contribution in [0.1, 0.15) is 110 Å². The van der Waals surface area contributed by atoms with Crippen molar-refractivity contribution < 1.29 is 68.2 Å². The van der Waals surface area contributed by atoms with Crippen molar-refractivity contribution in [1.29, 1.82) is 0 Å². The zero-order valence-electron chi connectivity index (χ0n) is 53.7. The molecule has 12 rings (SSSR count). The Bertz CT molecular complexity index is 3800. The number of hydrogen-bond donors (Lipinski definition) is 5. The van der Waals surface area contributed by atoms with Crippen LogP contribution >= 0.6 is 11.8 Å². The molecule has 4 aliphatic heterocycles. The van der Waals surface area contributed by atoms with Crippen LogP contribution < -0.4 is 30.9 Å². The Hall–Kier alpha value is -7.08. The summed E-state index contributed by atoms with van der Waals surface area (Å²) >= 11 is 1.39.